The van der Waals surface area contributed by atoms with E-state index >= 15 is 0 Å². The van der Waals surface area contributed by atoms with E-state index in [1.165, 1.54) is 0 Å². The van der Waals surface area contributed by atoms with Crippen LogP contribution in [0.25, 0.3) is 0 Å². The van der Waals surface area contributed by atoms with Crippen molar-refractivity contribution < 1.29 is 13.5 Å². The molecule has 0 bridgehead atoms. The Balaban J connectivity index is 2.11. The molecule has 1 heterocycles. The topological polar surface area (TPSA) is 57.6 Å². The van der Waals surface area contributed by atoms with Crippen molar-refractivity contribution in [3.63, 3.8) is 0 Å². The van der Waals surface area contributed by atoms with Gasteiger partial charge >= 0.3 is 0 Å². The molecule has 1 aliphatic heterocycles. The highest BCUT2D eigenvalue weighted by Gasteiger charge is 2.31. The second-order valence-electron chi connectivity index (χ2n) is 5.00. The number of rotatable bonds is 5. The normalized spacial score (nSPS) is 21.5. The third kappa shape index (κ3) is 4.09. The molecule has 20 heavy (non-hydrogen) atoms. The van der Waals surface area contributed by atoms with E-state index < -0.39 is 9.84 Å². The van der Waals surface area contributed by atoms with E-state index in [1.54, 1.807) is 12.1 Å². The minimum Gasteiger partial charge on any atom is -0.395 e. The summed E-state index contributed by atoms with van der Waals surface area (Å²) in [5, 5.41) is 10.1. The fraction of sp³-hybridized carbons (Fsp3) is 0.538. The Labute approximate surface area is 129 Å². The Morgan fingerprint density at radius 2 is 2.05 bits per heavy atom. The Bertz CT molecular complexity index is 577. The number of benzene rings is 1. The van der Waals surface area contributed by atoms with Gasteiger partial charge in [-0.25, -0.2) is 8.42 Å². The van der Waals surface area contributed by atoms with Gasteiger partial charge in [0, 0.05) is 19.1 Å². The molecule has 112 valence electrons. The van der Waals surface area contributed by atoms with E-state index in [2.05, 4.69) is 0 Å². The van der Waals surface area contributed by atoms with Crippen LogP contribution in [0.3, 0.4) is 0 Å². The molecular formula is C13H17Cl2NO3S. The molecule has 4 nitrogen and oxygen atoms in total. The zero-order valence-electron chi connectivity index (χ0n) is 10.9. The van der Waals surface area contributed by atoms with Crippen LogP contribution >= 0.6 is 23.2 Å². The van der Waals surface area contributed by atoms with E-state index in [1.807, 2.05) is 11.0 Å². The first-order chi connectivity index (χ1) is 9.41. The maximum atomic E-state index is 11.6. The van der Waals surface area contributed by atoms with Crippen LogP contribution < -0.4 is 0 Å². The van der Waals surface area contributed by atoms with Gasteiger partial charge in [0.2, 0.25) is 0 Å². The lowest BCUT2D eigenvalue weighted by Crippen LogP contribution is -2.37. The van der Waals surface area contributed by atoms with E-state index in [9.17, 15) is 8.42 Å². The van der Waals surface area contributed by atoms with Gasteiger partial charge in [0.05, 0.1) is 28.2 Å². The monoisotopic (exact) mass is 337 g/mol. The Morgan fingerprint density at radius 1 is 1.30 bits per heavy atom. The van der Waals surface area contributed by atoms with Gasteiger partial charge in [0.1, 0.15) is 0 Å². The van der Waals surface area contributed by atoms with Crippen LogP contribution in [0.4, 0.5) is 0 Å². The summed E-state index contributed by atoms with van der Waals surface area (Å²) in [6, 6.07) is 5.32. The highest BCUT2D eigenvalue weighted by molar-refractivity contribution is 7.91. The third-order valence-corrected chi connectivity index (χ3v) is 5.97. The molecule has 0 spiro atoms. The van der Waals surface area contributed by atoms with Crippen molar-refractivity contribution >= 4 is 33.0 Å². The predicted molar refractivity (Wildman–Crippen MR) is 81.0 cm³/mol. The van der Waals surface area contributed by atoms with Gasteiger partial charge in [-0.15, -0.1) is 0 Å². The summed E-state index contributed by atoms with van der Waals surface area (Å²) < 4.78 is 23.1. The van der Waals surface area contributed by atoms with Crippen LogP contribution in [-0.4, -0.2) is 49.1 Å². The molecule has 0 aromatic heterocycles. The van der Waals surface area contributed by atoms with Crippen LogP contribution in [0.1, 0.15) is 12.0 Å². The average Bonchev–Trinajstić information content (AvgIpc) is 2.74. The maximum absolute atomic E-state index is 11.6. The summed E-state index contributed by atoms with van der Waals surface area (Å²) in [5.74, 6) is 0.384. The predicted octanol–water partition coefficient (Wildman–Crippen LogP) is 1.97. The van der Waals surface area contributed by atoms with Crippen molar-refractivity contribution in [2.75, 3.05) is 24.7 Å². The maximum Gasteiger partial charge on any atom is 0.151 e. The number of aliphatic hydroxyl groups excluding tert-OH is 1. The van der Waals surface area contributed by atoms with Crippen molar-refractivity contribution in [3.8, 4) is 0 Å². The van der Waals surface area contributed by atoms with Crippen LogP contribution in [0.2, 0.25) is 10.0 Å². The number of hydrogen-bond donors (Lipinski definition) is 1. The summed E-state index contributed by atoms with van der Waals surface area (Å²) in [7, 11) is -2.94. The first kappa shape index (κ1) is 16.0. The van der Waals surface area contributed by atoms with Crippen molar-refractivity contribution in [1.29, 1.82) is 0 Å². The largest absolute Gasteiger partial charge is 0.395 e. The lowest BCUT2D eigenvalue weighted by Gasteiger charge is -2.27. The van der Waals surface area contributed by atoms with Crippen molar-refractivity contribution in [2.24, 2.45) is 0 Å². The molecule has 1 N–H and O–H groups in total. The molecule has 0 aliphatic carbocycles. The SMILES string of the molecule is O=S1(=O)CCC(N(CCO)Cc2ccc(Cl)c(Cl)c2)C1. The summed E-state index contributed by atoms with van der Waals surface area (Å²) in [4.78, 5) is 1.99. The van der Waals surface area contributed by atoms with Crippen molar-refractivity contribution in [2.45, 2.75) is 19.0 Å². The van der Waals surface area contributed by atoms with Gasteiger partial charge in [0.15, 0.2) is 9.84 Å². The van der Waals surface area contributed by atoms with Crippen LogP contribution in [0.5, 0.6) is 0 Å². The zero-order chi connectivity index (χ0) is 14.8. The molecule has 1 unspecified atom stereocenters. The minimum atomic E-state index is -2.94. The molecule has 1 saturated heterocycles. The van der Waals surface area contributed by atoms with Crippen molar-refractivity contribution in [3.05, 3.63) is 33.8 Å². The molecule has 0 saturated carbocycles. The quantitative estimate of drug-likeness (QED) is 0.892. The smallest absolute Gasteiger partial charge is 0.151 e. The lowest BCUT2D eigenvalue weighted by atomic mass is 10.1. The number of halogens is 2. The number of aliphatic hydroxyl groups is 1. The van der Waals surface area contributed by atoms with Gasteiger partial charge in [-0.05, 0) is 24.1 Å². The lowest BCUT2D eigenvalue weighted by molar-refractivity contribution is 0.153. The van der Waals surface area contributed by atoms with Crippen molar-refractivity contribution in [1.82, 2.24) is 4.90 Å². The Hall–Kier alpha value is -0.330. The van der Waals surface area contributed by atoms with E-state index in [-0.39, 0.29) is 24.2 Å². The molecule has 0 radical (unpaired) electrons. The van der Waals surface area contributed by atoms with Gasteiger partial charge in [-0.2, -0.15) is 0 Å². The highest BCUT2D eigenvalue weighted by atomic mass is 35.5. The molecule has 1 aromatic carbocycles. The molecule has 1 atom stereocenters. The average molecular weight is 338 g/mol. The standard InChI is InChI=1S/C13H17Cl2NO3S/c14-12-2-1-10(7-13(12)15)8-16(4-5-17)11-3-6-20(18,19)9-11/h1-2,7,11,17H,3-6,8-9H2. The highest BCUT2D eigenvalue weighted by Crippen LogP contribution is 2.25. The molecular weight excluding hydrogens is 321 g/mol. The summed E-state index contributed by atoms with van der Waals surface area (Å²) >= 11 is 11.9. The molecule has 2 rings (SSSR count). The molecule has 0 amide bonds. The second-order valence-corrected chi connectivity index (χ2v) is 8.04. The van der Waals surface area contributed by atoms with E-state index in [4.69, 9.17) is 28.3 Å². The fourth-order valence-corrected chi connectivity index (χ4v) is 4.54. The van der Waals surface area contributed by atoms with Crippen LogP contribution in [-0.2, 0) is 16.4 Å². The minimum absolute atomic E-state index is 0.00211. The first-order valence-electron chi connectivity index (χ1n) is 6.40. The van der Waals surface area contributed by atoms with Gasteiger partial charge < -0.3 is 5.11 Å². The summed E-state index contributed by atoms with van der Waals surface area (Å²) in [5.41, 5.74) is 0.956. The Kier molecular flexibility index (Phi) is 5.31. The molecule has 7 heteroatoms. The zero-order valence-corrected chi connectivity index (χ0v) is 13.3. The molecule has 1 aliphatic rings. The van der Waals surface area contributed by atoms with Gasteiger partial charge in [-0.3, -0.25) is 4.90 Å². The van der Waals surface area contributed by atoms with Crippen LogP contribution in [0, 0.1) is 0 Å². The fourth-order valence-electron chi connectivity index (χ4n) is 2.46. The molecule has 1 fully saturated rings. The Morgan fingerprint density at radius 3 is 2.60 bits per heavy atom. The van der Waals surface area contributed by atoms with E-state index in [0.717, 1.165) is 5.56 Å². The molecule has 1 aromatic rings. The summed E-state index contributed by atoms with van der Waals surface area (Å²) in [6.07, 6.45) is 0.615. The third-order valence-electron chi connectivity index (χ3n) is 3.48. The van der Waals surface area contributed by atoms with Crippen LogP contribution in [0.15, 0.2) is 18.2 Å². The first-order valence-corrected chi connectivity index (χ1v) is 8.98. The summed E-state index contributed by atoms with van der Waals surface area (Å²) in [6.45, 7) is 0.996. The second kappa shape index (κ2) is 6.62. The van der Waals surface area contributed by atoms with Gasteiger partial charge in [0.25, 0.3) is 0 Å². The van der Waals surface area contributed by atoms with Gasteiger partial charge in [-0.1, -0.05) is 29.3 Å². The van der Waals surface area contributed by atoms with E-state index in [0.29, 0.717) is 29.6 Å². The number of sulfone groups is 1. The number of hydrogen-bond acceptors (Lipinski definition) is 4. The number of nitrogens with zero attached hydrogens (tertiary/aromatic N) is 1.